The van der Waals surface area contributed by atoms with Crippen LogP contribution in [0.2, 0.25) is 0 Å². The second-order valence-corrected chi connectivity index (χ2v) is 4.36. The van der Waals surface area contributed by atoms with Crippen LogP contribution in [0.15, 0.2) is 0 Å². The average molecular weight is 198 g/mol. The lowest BCUT2D eigenvalue weighted by atomic mass is 9.98. The van der Waals surface area contributed by atoms with Gasteiger partial charge >= 0.3 is 0 Å². The second kappa shape index (κ2) is 4.28. The highest BCUT2D eigenvalue weighted by Gasteiger charge is 2.31. The Labute approximate surface area is 84.2 Å². The monoisotopic (exact) mass is 198 g/mol. The topological polar surface area (TPSA) is 64.4 Å². The van der Waals surface area contributed by atoms with Gasteiger partial charge in [0.2, 0.25) is 5.91 Å². The third-order valence-corrected chi connectivity index (χ3v) is 3.07. The van der Waals surface area contributed by atoms with E-state index in [1.807, 2.05) is 0 Å². The number of nitrogens with one attached hydrogen (secondary N) is 1. The molecule has 0 bridgehead atoms. The van der Waals surface area contributed by atoms with Crippen LogP contribution in [0, 0.1) is 11.8 Å². The van der Waals surface area contributed by atoms with Crippen molar-refractivity contribution < 1.29 is 9.53 Å². The van der Waals surface area contributed by atoms with E-state index in [4.69, 9.17) is 10.5 Å². The molecule has 0 aromatic carbocycles. The maximum Gasteiger partial charge on any atom is 0.234 e. The first-order valence-corrected chi connectivity index (χ1v) is 5.38. The van der Waals surface area contributed by atoms with Gasteiger partial charge < -0.3 is 15.8 Å². The highest BCUT2D eigenvalue weighted by atomic mass is 16.5. The molecule has 1 saturated heterocycles. The summed E-state index contributed by atoms with van der Waals surface area (Å²) in [5.74, 6) is 0.826. The Bertz CT molecular complexity index is 210. The predicted octanol–water partition coefficient (Wildman–Crippen LogP) is -0.124. The number of rotatable bonds is 5. The van der Waals surface area contributed by atoms with E-state index in [1.54, 1.807) is 0 Å². The molecule has 1 aliphatic heterocycles. The van der Waals surface area contributed by atoms with Gasteiger partial charge in [-0.1, -0.05) is 0 Å². The fraction of sp³-hybridized carbons (Fsp3) is 0.900. The molecule has 1 saturated carbocycles. The van der Waals surface area contributed by atoms with Crippen molar-refractivity contribution in [2.24, 2.45) is 17.6 Å². The molecule has 14 heavy (non-hydrogen) atoms. The molecule has 0 aromatic heterocycles. The lowest BCUT2D eigenvalue weighted by Crippen LogP contribution is -2.47. The van der Waals surface area contributed by atoms with E-state index in [1.165, 1.54) is 12.8 Å². The number of nitrogens with two attached hydrogens (primary N) is 1. The van der Waals surface area contributed by atoms with Crippen molar-refractivity contribution in [3.63, 3.8) is 0 Å². The van der Waals surface area contributed by atoms with Crippen LogP contribution >= 0.6 is 0 Å². The SMILES string of the molecule is NC(=O)C(NCC1CC1)C1CCOC1. The zero-order chi connectivity index (χ0) is 9.97. The number of ether oxygens (including phenoxy) is 1. The lowest BCUT2D eigenvalue weighted by molar-refractivity contribution is -0.121. The summed E-state index contributed by atoms with van der Waals surface area (Å²) in [5, 5.41) is 3.27. The quantitative estimate of drug-likeness (QED) is 0.647. The third-order valence-electron chi connectivity index (χ3n) is 3.07. The van der Waals surface area contributed by atoms with Crippen LogP contribution < -0.4 is 11.1 Å². The van der Waals surface area contributed by atoms with Crippen molar-refractivity contribution in [3.8, 4) is 0 Å². The van der Waals surface area contributed by atoms with Crippen molar-refractivity contribution in [1.82, 2.24) is 5.32 Å². The van der Waals surface area contributed by atoms with Gasteiger partial charge in [0.25, 0.3) is 0 Å². The second-order valence-electron chi connectivity index (χ2n) is 4.36. The van der Waals surface area contributed by atoms with Gasteiger partial charge in [0.05, 0.1) is 12.6 Å². The van der Waals surface area contributed by atoms with E-state index in [0.29, 0.717) is 6.61 Å². The summed E-state index contributed by atoms with van der Waals surface area (Å²) < 4.78 is 5.26. The number of hydrogen-bond donors (Lipinski definition) is 2. The van der Waals surface area contributed by atoms with Crippen LogP contribution in [0.4, 0.5) is 0 Å². The van der Waals surface area contributed by atoms with Crippen molar-refractivity contribution >= 4 is 5.91 Å². The van der Waals surface area contributed by atoms with E-state index >= 15 is 0 Å². The highest BCUT2D eigenvalue weighted by molar-refractivity contribution is 5.80. The molecule has 2 atom stereocenters. The van der Waals surface area contributed by atoms with Gasteiger partial charge in [-0.3, -0.25) is 4.79 Å². The van der Waals surface area contributed by atoms with E-state index in [0.717, 1.165) is 25.5 Å². The van der Waals surface area contributed by atoms with Gasteiger partial charge in [0.1, 0.15) is 0 Å². The normalized spacial score (nSPS) is 29.0. The number of carbonyl (C=O) groups is 1. The Morgan fingerprint density at radius 2 is 2.29 bits per heavy atom. The lowest BCUT2D eigenvalue weighted by Gasteiger charge is -2.20. The molecule has 3 N–H and O–H groups in total. The smallest absolute Gasteiger partial charge is 0.234 e. The molecular weight excluding hydrogens is 180 g/mol. The zero-order valence-corrected chi connectivity index (χ0v) is 8.37. The Morgan fingerprint density at radius 1 is 1.50 bits per heavy atom. The molecule has 0 spiro atoms. The first-order valence-electron chi connectivity index (χ1n) is 5.38. The number of hydrogen-bond acceptors (Lipinski definition) is 3. The maximum atomic E-state index is 11.2. The molecule has 4 nitrogen and oxygen atoms in total. The molecule has 0 radical (unpaired) electrons. The fourth-order valence-corrected chi connectivity index (χ4v) is 1.93. The molecule has 2 fully saturated rings. The molecule has 1 aliphatic carbocycles. The number of primary amides is 1. The third kappa shape index (κ3) is 2.45. The fourth-order valence-electron chi connectivity index (χ4n) is 1.93. The van der Waals surface area contributed by atoms with Crippen LogP contribution in [-0.4, -0.2) is 31.7 Å². The molecule has 2 unspecified atom stereocenters. The minimum absolute atomic E-state index is 0.182. The zero-order valence-electron chi connectivity index (χ0n) is 8.37. The summed E-state index contributed by atoms with van der Waals surface area (Å²) in [6, 6.07) is -0.182. The average Bonchev–Trinajstić information content (AvgIpc) is 2.80. The molecule has 2 rings (SSSR count). The highest BCUT2D eigenvalue weighted by Crippen LogP contribution is 2.28. The molecule has 0 aromatic rings. The van der Waals surface area contributed by atoms with Crippen molar-refractivity contribution in [2.75, 3.05) is 19.8 Å². The Balaban J connectivity index is 1.81. The van der Waals surface area contributed by atoms with Gasteiger partial charge in [-0.2, -0.15) is 0 Å². The van der Waals surface area contributed by atoms with Gasteiger partial charge in [0.15, 0.2) is 0 Å². The van der Waals surface area contributed by atoms with Gasteiger partial charge in [-0.25, -0.2) is 0 Å². The standard InChI is InChI=1S/C10H18N2O2/c11-10(13)9(8-3-4-14-6-8)12-5-7-1-2-7/h7-9,12H,1-6H2,(H2,11,13). The summed E-state index contributed by atoms with van der Waals surface area (Å²) in [6.45, 7) is 2.37. The molecule has 1 amide bonds. The van der Waals surface area contributed by atoms with E-state index in [-0.39, 0.29) is 17.9 Å². The first kappa shape index (κ1) is 9.93. The summed E-state index contributed by atoms with van der Waals surface area (Å²) in [6.07, 6.45) is 3.53. The van der Waals surface area contributed by atoms with Crippen LogP contribution in [0.25, 0.3) is 0 Å². The summed E-state index contributed by atoms with van der Waals surface area (Å²) in [5.41, 5.74) is 5.37. The molecule has 4 heteroatoms. The molecule has 1 heterocycles. The minimum Gasteiger partial charge on any atom is -0.381 e. The summed E-state index contributed by atoms with van der Waals surface area (Å²) >= 11 is 0. The van der Waals surface area contributed by atoms with Gasteiger partial charge in [0, 0.05) is 12.5 Å². The van der Waals surface area contributed by atoms with Crippen molar-refractivity contribution in [3.05, 3.63) is 0 Å². The van der Waals surface area contributed by atoms with Crippen LogP contribution in [0.3, 0.4) is 0 Å². The van der Waals surface area contributed by atoms with E-state index in [9.17, 15) is 4.79 Å². The van der Waals surface area contributed by atoms with Crippen LogP contribution in [0.5, 0.6) is 0 Å². The molecular formula is C10H18N2O2. The van der Waals surface area contributed by atoms with Gasteiger partial charge in [-0.15, -0.1) is 0 Å². The largest absolute Gasteiger partial charge is 0.381 e. The maximum absolute atomic E-state index is 11.2. The van der Waals surface area contributed by atoms with Crippen LogP contribution in [0.1, 0.15) is 19.3 Å². The first-order chi connectivity index (χ1) is 6.77. The Morgan fingerprint density at radius 3 is 2.79 bits per heavy atom. The molecule has 2 aliphatic rings. The van der Waals surface area contributed by atoms with E-state index in [2.05, 4.69) is 5.32 Å². The predicted molar refractivity (Wildman–Crippen MR) is 52.6 cm³/mol. The number of amides is 1. The van der Waals surface area contributed by atoms with Crippen molar-refractivity contribution in [2.45, 2.75) is 25.3 Å². The number of carbonyl (C=O) groups excluding carboxylic acids is 1. The summed E-state index contributed by atoms with van der Waals surface area (Å²) in [7, 11) is 0. The Hall–Kier alpha value is -0.610. The van der Waals surface area contributed by atoms with E-state index < -0.39 is 0 Å². The van der Waals surface area contributed by atoms with Gasteiger partial charge in [-0.05, 0) is 31.7 Å². The molecule has 80 valence electrons. The van der Waals surface area contributed by atoms with Crippen LogP contribution in [-0.2, 0) is 9.53 Å². The minimum atomic E-state index is -0.235. The Kier molecular flexibility index (Phi) is 3.03. The van der Waals surface area contributed by atoms with Crippen molar-refractivity contribution in [1.29, 1.82) is 0 Å². The summed E-state index contributed by atoms with van der Waals surface area (Å²) in [4.78, 5) is 11.2.